The third-order valence-corrected chi connectivity index (χ3v) is 2.31. The van der Waals surface area contributed by atoms with Crippen molar-refractivity contribution < 1.29 is 4.74 Å². The summed E-state index contributed by atoms with van der Waals surface area (Å²) in [5.41, 5.74) is 0. The lowest BCUT2D eigenvalue weighted by Crippen LogP contribution is -2.43. The molecule has 1 heterocycles. The molecular weight excluding hydrogens is 186 g/mol. The van der Waals surface area contributed by atoms with Crippen LogP contribution in [0.15, 0.2) is 0 Å². The molecule has 0 aromatic heterocycles. The Hall–Kier alpha value is -0.520. The van der Waals surface area contributed by atoms with E-state index in [1.54, 1.807) is 0 Å². The highest BCUT2D eigenvalue weighted by molar-refractivity contribution is 5.08. The van der Waals surface area contributed by atoms with Crippen LogP contribution in [-0.2, 0) is 4.74 Å². The molecule has 0 radical (unpaired) electrons. The largest absolute Gasteiger partial charge is 0.363 e. The molecule has 86 valence electrons. The maximum Gasteiger partial charge on any atom is 0.130 e. The lowest BCUT2D eigenvalue weighted by molar-refractivity contribution is -0.00245. The lowest BCUT2D eigenvalue weighted by atomic mass is 10.1. The van der Waals surface area contributed by atoms with E-state index in [4.69, 9.17) is 4.74 Å². The highest BCUT2D eigenvalue weighted by Gasteiger charge is 2.18. The zero-order valence-corrected chi connectivity index (χ0v) is 10.4. The predicted molar refractivity (Wildman–Crippen MR) is 63.6 cm³/mol. The number of hydrogen-bond acceptors (Lipinski definition) is 2. The summed E-state index contributed by atoms with van der Waals surface area (Å²) < 4.78 is 5.62. The van der Waals surface area contributed by atoms with Crippen molar-refractivity contribution in [2.75, 3.05) is 26.2 Å². The van der Waals surface area contributed by atoms with Gasteiger partial charge in [-0.2, -0.15) is 0 Å². The highest BCUT2D eigenvalue weighted by atomic mass is 16.5. The Morgan fingerprint density at radius 1 is 1.33 bits per heavy atom. The summed E-state index contributed by atoms with van der Waals surface area (Å²) in [4.78, 5) is 2.45. The van der Waals surface area contributed by atoms with Crippen LogP contribution in [0, 0.1) is 23.7 Å². The van der Waals surface area contributed by atoms with Crippen molar-refractivity contribution in [2.24, 2.45) is 11.8 Å². The summed E-state index contributed by atoms with van der Waals surface area (Å²) in [6, 6.07) is 0. The van der Waals surface area contributed by atoms with Crippen LogP contribution in [0.5, 0.6) is 0 Å². The summed E-state index contributed by atoms with van der Waals surface area (Å²) in [5.74, 6) is 7.56. The van der Waals surface area contributed by atoms with Crippen molar-refractivity contribution in [3.05, 3.63) is 0 Å². The second-order valence-electron chi connectivity index (χ2n) is 4.96. The van der Waals surface area contributed by atoms with Crippen molar-refractivity contribution in [3.8, 4) is 11.8 Å². The Morgan fingerprint density at radius 3 is 2.67 bits per heavy atom. The van der Waals surface area contributed by atoms with Crippen LogP contribution in [0.4, 0.5) is 0 Å². The van der Waals surface area contributed by atoms with Crippen LogP contribution in [0.3, 0.4) is 0 Å². The standard InChI is InChI=1S/C13H23NO/c1-11(2)5-6-13-10-14(7-8-15-13)9-12(3)4/h11-13H,7-10H2,1-4H3/t13-/m1/s1. The number of morpholine rings is 1. The zero-order chi connectivity index (χ0) is 11.3. The van der Waals surface area contributed by atoms with Crippen LogP contribution < -0.4 is 0 Å². The molecule has 0 aromatic rings. The molecule has 2 heteroatoms. The average Bonchev–Trinajstić information content (AvgIpc) is 2.14. The molecule has 0 unspecified atom stereocenters. The molecule has 0 aromatic carbocycles. The van der Waals surface area contributed by atoms with Gasteiger partial charge in [-0.15, -0.1) is 0 Å². The molecule has 0 aliphatic carbocycles. The van der Waals surface area contributed by atoms with E-state index >= 15 is 0 Å². The van der Waals surface area contributed by atoms with Gasteiger partial charge in [0.15, 0.2) is 0 Å². The minimum Gasteiger partial charge on any atom is -0.363 e. The molecule has 0 bridgehead atoms. The number of hydrogen-bond donors (Lipinski definition) is 0. The van der Waals surface area contributed by atoms with Gasteiger partial charge in [-0.05, 0) is 5.92 Å². The minimum absolute atomic E-state index is 0.125. The Kier molecular flexibility index (Phi) is 5.14. The molecule has 1 aliphatic heterocycles. The van der Waals surface area contributed by atoms with Gasteiger partial charge >= 0.3 is 0 Å². The van der Waals surface area contributed by atoms with E-state index in [1.165, 1.54) is 0 Å². The molecule has 1 aliphatic rings. The first-order valence-electron chi connectivity index (χ1n) is 5.93. The molecule has 1 rings (SSSR count). The molecule has 1 atom stereocenters. The van der Waals surface area contributed by atoms with E-state index in [2.05, 4.69) is 44.4 Å². The van der Waals surface area contributed by atoms with Crippen LogP contribution in [0.2, 0.25) is 0 Å². The topological polar surface area (TPSA) is 12.5 Å². The summed E-state index contributed by atoms with van der Waals surface area (Å²) in [5, 5.41) is 0. The second-order valence-corrected chi connectivity index (χ2v) is 4.96. The van der Waals surface area contributed by atoms with Gasteiger partial charge in [0.25, 0.3) is 0 Å². The monoisotopic (exact) mass is 209 g/mol. The molecule has 15 heavy (non-hydrogen) atoms. The van der Waals surface area contributed by atoms with Crippen LogP contribution in [0.25, 0.3) is 0 Å². The SMILES string of the molecule is CC(C)C#C[C@@H]1CN(CC(C)C)CCO1. The minimum atomic E-state index is 0.125. The van der Waals surface area contributed by atoms with E-state index in [1.807, 2.05) is 0 Å². The number of rotatable bonds is 2. The average molecular weight is 209 g/mol. The molecule has 0 N–H and O–H groups in total. The number of nitrogens with zero attached hydrogens (tertiary/aromatic N) is 1. The number of ether oxygens (including phenoxy) is 1. The van der Waals surface area contributed by atoms with Crippen molar-refractivity contribution in [1.29, 1.82) is 0 Å². The van der Waals surface area contributed by atoms with Gasteiger partial charge < -0.3 is 4.74 Å². The van der Waals surface area contributed by atoms with Gasteiger partial charge in [0.05, 0.1) is 6.61 Å². The van der Waals surface area contributed by atoms with Crippen LogP contribution in [0.1, 0.15) is 27.7 Å². The zero-order valence-electron chi connectivity index (χ0n) is 10.4. The second kappa shape index (κ2) is 6.15. The maximum atomic E-state index is 5.62. The van der Waals surface area contributed by atoms with Crippen molar-refractivity contribution in [2.45, 2.75) is 33.8 Å². The maximum absolute atomic E-state index is 5.62. The fourth-order valence-corrected chi connectivity index (χ4v) is 1.73. The quantitative estimate of drug-likeness (QED) is 0.645. The predicted octanol–water partition coefficient (Wildman–Crippen LogP) is 2.00. The smallest absolute Gasteiger partial charge is 0.130 e. The van der Waals surface area contributed by atoms with E-state index < -0.39 is 0 Å². The van der Waals surface area contributed by atoms with E-state index in [0.29, 0.717) is 5.92 Å². The normalized spacial score (nSPS) is 22.9. The Bertz CT molecular complexity index is 237. The first-order valence-corrected chi connectivity index (χ1v) is 5.93. The highest BCUT2D eigenvalue weighted by Crippen LogP contribution is 2.07. The molecule has 1 fully saturated rings. The Morgan fingerprint density at radius 2 is 2.07 bits per heavy atom. The van der Waals surface area contributed by atoms with Crippen LogP contribution >= 0.6 is 0 Å². The molecule has 1 saturated heterocycles. The third-order valence-electron chi connectivity index (χ3n) is 2.31. The fourth-order valence-electron chi connectivity index (χ4n) is 1.73. The van der Waals surface area contributed by atoms with Gasteiger partial charge in [-0.1, -0.05) is 39.5 Å². The van der Waals surface area contributed by atoms with Gasteiger partial charge in [-0.3, -0.25) is 4.90 Å². The molecule has 0 amide bonds. The van der Waals surface area contributed by atoms with Gasteiger partial charge in [0.1, 0.15) is 6.10 Å². The molecule has 2 nitrogen and oxygen atoms in total. The van der Waals surface area contributed by atoms with Crippen molar-refractivity contribution in [3.63, 3.8) is 0 Å². The van der Waals surface area contributed by atoms with Gasteiger partial charge in [-0.25, -0.2) is 0 Å². The molecule has 0 spiro atoms. The summed E-state index contributed by atoms with van der Waals surface area (Å²) in [6.07, 6.45) is 0.125. The summed E-state index contributed by atoms with van der Waals surface area (Å²) in [7, 11) is 0. The van der Waals surface area contributed by atoms with E-state index in [-0.39, 0.29) is 6.10 Å². The van der Waals surface area contributed by atoms with E-state index in [0.717, 1.165) is 32.2 Å². The van der Waals surface area contributed by atoms with Gasteiger partial charge in [0, 0.05) is 25.6 Å². The first kappa shape index (κ1) is 12.5. The van der Waals surface area contributed by atoms with Crippen molar-refractivity contribution in [1.82, 2.24) is 4.90 Å². The molecule has 0 saturated carbocycles. The summed E-state index contributed by atoms with van der Waals surface area (Å²) >= 11 is 0. The van der Waals surface area contributed by atoms with E-state index in [9.17, 15) is 0 Å². The first-order chi connectivity index (χ1) is 7.08. The Labute approximate surface area is 94.0 Å². The Balaban J connectivity index is 2.39. The van der Waals surface area contributed by atoms with Crippen LogP contribution in [-0.4, -0.2) is 37.2 Å². The van der Waals surface area contributed by atoms with Gasteiger partial charge in [0.2, 0.25) is 0 Å². The van der Waals surface area contributed by atoms with Crippen molar-refractivity contribution >= 4 is 0 Å². The fraction of sp³-hybridized carbons (Fsp3) is 0.846. The third kappa shape index (κ3) is 5.20. The molecular formula is C13H23NO. The lowest BCUT2D eigenvalue weighted by Gasteiger charge is -2.31. The summed E-state index contributed by atoms with van der Waals surface area (Å²) in [6.45, 7) is 12.7.